The van der Waals surface area contributed by atoms with Gasteiger partial charge in [0.25, 0.3) is 15.9 Å². The summed E-state index contributed by atoms with van der Waals surface area (Å²) in [6.07, 6.45) is -0.394. The monoisotopic (exact) mass is 282 g/mol. The molecule has 0 aliphatic rings. The van der Waals surface area contributed by atoms with Crippen molar-refractivity contribution in [2.45, 2.75) is 18.2 Å². The number of amides is 2. The SMILES string of the molecule is C=C(CC(N)=O)C(=O)NS(=O)(=O)c1ccc(C)cc1. The number of nitrogens with one attached hydrogen (secondary N) is 1. The number of aryl methyl sites for hydroxylation is 1. The third-order valence-corrected chi connectivity index (χ3v) is 3.61. The molecule has 1 rings (SSSR count). The topological polar surface area (TPSA) is 106 Å². The summed E-state index contributed by atoms with van der Waals surface area (Å²) >= 11 is 0. The van der Waals surface area contributed by atoms with Crippen molar-refractivity contribution in [2.75, 3.05) is 0 Å². The van der Waals surface area contributed by atoms with E-state index in [1.807, 2.05) is 11.6 Å². The number of nitrogens with two attached hydrogens (primary N) is 1. The highest BCUT2D eigenvalue weighted by molar-refractivity contribution is 7.90. The van der Waals surface area contributed by atoms with Crippen molar-refractivity contribution in [3.8, 4) is 0 Å². The zero-order valence-electron chi connectivity index (χ0n) is 10.3. The number of primary amides is 1. The van der Waals surface area contributed by atoms with Crippen LogP contribution in [0.2, 0.25) is 0 Å². The number of benzene rings is 1. The summed E-state index contributed by atoms with van der Waals surface area (Å²) in [6, 6.07) is 5.97. The van der Waals surface area contributed by atoms with Gasteiger partial charge in [-0.3, -0.25) is 9.59 Å². The van der Waals surface area contributed by atoms with Crippen LogP contribution in [0.15, 0.2) is 41.3 Å². The molecule has 0 aromatic heterocycles. The maximum atomic E-state index is 11.9. The van der Waals surface area contributed by atoms with Crippen molar-refractivity contribution in [1.29, 1.82) is 0 Å². The first kappa shape index (κ1) is 14.9. The van der Waals surface area contributed by atoms with Crippen molar-refractivity contribution in [3.05, 3.63) is 42.0 Å². The van der Waals surface area contributed by atoms with Crippen LogP contribution in [0.5, 0.6) is 0 Å². The molecule has 1 aromatic carbocycles. The third kappa shape index (κ3) is 4.22. The quantitative estimate of drug-likeness (QED) is 0.754. The van der Waals surface area contributed by atoms with E-state index < -0.39 is 28.3 Å². The first-order valence-electron chi connectivity index (χ1n) is 5.32. The highest BCUT2D eigenvalue weighted by Gasteiger charge is 2.19. The van der Waals surface area contributed by atoms with Gasteiger partial charge in [-0.15, -0.1) is 0 Å². The lowest BCUT2D eigenvalue weighted by atomic mass is 10.2. The maximum absolute atomic E-state index is 11.9. The molecule has 0 unspecified atom stereocenters. The first-order chi connectivity index (χ1) is 8.72. The summed E-state index contributed by atoms with van der Waals surface area (Å²) in [7, 11) is -3.97. The van der Waals surface area contributed by atoms with Gasteiger partial charge in [0.15, 0.2) is 0 Å². The fourth-order valence-electron chi connectivity index (χ4n) is 1.26. The molecule has 0 aliphatic heterocycles. The average molecular weight is 282 g/mol. The molecular formula is C12H14N2O4S. The van der Waals surface area contributed by atoms with Crippen LogP contribution in [-0.4, -0.2) is 20.2 Å². The van der Waals surface area contributed by atoms with Crippen LogP contribution in [-0.2, 0) is 19.6 Å². The molecule has 0 saturated carbocycles. The molecule has 3 N–H and O–H groups in total. The number of carbonyl (C=O) groups is 2. The van der Waals surface area contributed by atoms with Gasteiger partial charge in [-0.2, -0.15) is 0 Å². The standard InChI is InChI=1S/C12H14N2O4S/c1-8-3-5-10(6-4-8)19(17,18)14-12(16)9(2)7-11(13)15/h3-6H,2,7H2,1H3,(H2,13,15)(H,14,16). The van der Waals surface area contributed by atoms with Gasteiger partial charge in [0, 0.05) is 5.57 Å². The molecule has 0 radical (unpaired) electrons. The fourth-order valence-corrected chi connectivity index (χ4v) is 2.26. The largest absolute Gasteiger partial charge is 0.369 e. The Bertz CT molecular complexity index is 618. The van der Waals surface area contributed by atoms with Crippen molar-refractivity contribution in [3.63, 3.8) is 0 Å². The van der Waals surface area contributed by atoms with E-state index >= 15 is 0 Å². The fraction of sp³-hybridized carbons (Fsp3) is 0.167. The molecule has 0 saturated heterocycles. The zero-order valence-corrected chi connectivity index (χ0v) is 11.2. The number of carbonyl (C=O) groups excluding carboxylic acids is 2. The molecule has 0 aliphatic carbocycles. The molecule has 19 heavy (non-hydrogen) atoms. The van der Waals surface area contributed by atoms with Crippen molar-refractivity contribution in [2.24, 2.45) is 5.73 Å². The summed E-state index contributed by atoms with van der Waals surface area (Å²) in [5, 5.41) is 0. The normalized spacial score (nSPS) is 10.8. The summed E-state index contributed by atoms with van der Waals surface area (Å²) in [6.45, 7) is 5.12. The number of sulfonamides is 1. The van der Waals surface area contributed by atoms with Crippen molar-refractivity contribution >= 4 is 21.8 Å². The molecule has 0 bridgehead atoms. The second-order valence-corrected chi connectivity index (χ2v) is 5.68. The van der Waals surface area contributed by atoms with Crippen molar-refractivity contribution < 1.29 is 18.0 Å². The van der Waals surface area contributed by atoms with E-state index in [4.69, 9.17) is 5.73 Å². The first-order valence-corrected chi connectivity index (χ1v) is 6.80. The molecule has 1 aromatic rings. The Morgan fingerprint density at radius 2 is 1.79 bits per heavy atom. The van der Waals surface area contributed by atoms with Gasteiger partial charge in [-0.05, 0) is 19.1 Å². The van der Waals surface area contributed by atoms with Gasteiger partial charge in [0.2, 0.25) is 5.91 Å². The highest BCUT2D eigenvalue weighted by atomic mass is 32.2. The molecule has 7 heteroatoms. The van der Waals surface area contributed by atoms with E-state index in [9.17, 15) is 18.0 Å². The molecule has 0 fully saturated rings. The van der Waals surface area contributed by atoms with Crippen LogP contribution >= 0.6 is 0 Å². The lowest BCUT2D eigenvalue weighted by Crippen LogP contribution is -2.32. The van der Waals surface area contributed by atoms with Gasteiger partial charge in [-0.25, -0.2) is 13.1 Å². The van der Waals surface area contributed by atoms with Gasteiger partial charge in [-0.1, -0.05) is 24.3 Å². The minimum absolute atomic E-state index is 0.0432. The molecule has 0 atom stereocenters. The van der Waals surface area contributed by atoms with Crippen LogP contribution in [0.3, 0.4) is 0 Å². The second-order valence-electron chi connectivity index (χ2n) is 3.99. The predicted molar refractivity (Wildman–Crippen MR) is 69.5 cm³/mol. The van der Waals surface area contributed by atoms with Gasteiger partial charge in [0.1, 0.15) is 0 Å². The molecule has 2 amide bonds. The molecular weight excluding hydrogens is 268 g/mol. The summed E-state index contributed by atoms with van der Waals surface area (Å²) < 4.78 is 25.5. The minimum Gasteiger partial charge on any atom is -0.369 e. The van der Waals surface area contributed by atoms with E-state index in [0.717, 1.165) is 5.56 Å². The Morgan fingerprint density at radius 3 is 2.26 bits per heavy atom. The Hall–Kier alpha value is -2.15. The van der Waals surface area contributed by atoms with E-state index in [1.54, 1.807) is 12.1 Å². The molecule has 0 spiro atoms. The van der Waals surface area contributed by atoms with Gasteiger partial charge < -0.3 is 5.73 Å². The van der Waals surface area contributed by atoms with E-state index in [2.05, 4.69) is 6.58 Å². The summed E-state index contributed by atoms with van der Waals surface area (Å²) in [5.74, 6) is -1.70. The summed E-state index contributed by atoms with van der Waals surface area (Å²) in [5.41, 5.74) is 5.58. The predicted octanol–water partition coefficient (Wildman–Crippen LogP) is 0.232. The molecule has 6 nitrogen and oxygen atoms in total. The van der Waals surface area contributed by atoms with Gasteiger partial charge in [0.05, 0.1) is 11.3 Å². The Labute approximate surface area is 111 Å². The molecule has 102 valence electrons. The van der Waals surface area contributed by atoms with E-state index in [1.165, 1.54) is 12.1 Å². The number of hydrogen-bond donors (Lipinski definition) is 2. The number of hydrogen-bond acceptors (Lipinski definition) is 4. The van der Waals surface area contributed by atoms with Crippen molar-refractivity contribution in [1.82, 2.24) is 4.72 Å². The van der Waals surface area contributed by atoms with Gasteiger partial charge >= 0.3 is 0 Å². The lowest BCUT2D eigenvalue weighted by Gasteiger charge is -2.08. The minimum atomic E-state index is -3.97. The third-order valence-electron chi connectivity index (χ3n) is 2.27. The van der Waals surface area contributed by atoms with E-state index in [0.29, 0.717) is 0 Å². The number of rotatable bonds is 5. The Balaban J connectivity index is 2.86. The smallest absolute Gasteiger partial charge is 0.264 e. The zero-order chi connectivity index (χ0) is 14.6. The Kier molecular flexibility index (Phi) is 4.44. The van der Waals surface area contributed by atoms with Crippen LogP contribution in [0.1, 0.15) is 12.0 Å². The van der Waals surface area contributed by atoms with E-state index in [-0.39, 0.29) is 10.5 Å². The Morgan fingerprint density at radius 1 is 1.26 bits per heavy atom. The van der Waals surface area contributed by atoms with Crippen LogP contribution in [0.25, 0.3) is 0 Å². The molecule has 0 heterocycles. The maximum Gasteiger partial charge on any atom is 0.264 e. The lowest BCUT2D eigenvalue weighted by molar-refractivity contribution is -0.120. The summed E-state index contributed by atoms with van der Waals surface area (Å²) in [4.78, 5) is 22.1. The van der Waals surface area contributed by atoms with Crippen LogP contribution < -0.4 is 10.5 Å². The van der Waals surface area contributed by atoms with Crippen LogP contribution in [0.4, 0.5) is 0 Å². The average Bonchev–Trinajstić information content (AvgIpc) is 2.27. The van der Waals surface area contributed by atoms with Crippen LogP contribution in [0, 0.1) is 6.92 Å². The second kappa shape index (κ2) is 5.66. The highest BCUT2D eigenvalue weighted by Crippen LogP contribution is 2.10.